The molecule has 0 saturated heterocycles. The van der Waals surface area contributed by atoms with Crippen molar-refractivity contribution in [3.8, 4) is 6.07 Å². The molecular weight excluding hydrogens is 903 g/mol. The first-order chi connectivity index (χ1) is 30.2. The number of rotatable bonds is 27. The number of nitrogens with two attached hydrogens (primary N) is 1. The van der Waals surface area contributed by atoms with Gasteiger partial charge in [-0.25, -0.2) is 9.59 Å². The third-order valence-corrected chi connectivity index (χ3v) is 12.5. The maximum atomic E-state index is 14.8. The number of Topliss-reactive ketones (excluding diaryl/α,β-unsaturated/α-hetero) is 2. The molecular formula is C47H69ClF3N5O9S. The molecule has 2 rings (SSSR count). The summed E-state index contributed by atoms with van der Waals surface area (Å²) < 4.78 is 47.2. The number of alkyl halides is 3. The molecule has 0 radical (unpaired) electrons. The van der Waals surface area contributed by atoms with Gasteiger partial charge in [-0.1, -0.05) is 59.7 Å². The third-order valence-electron chi connectivity index (χ3n) is 11.5. The predicted octanol–water partition coefficient (Wildman–Crippen LogP) is 7.63. The van der Waals surface area contributed by atoms with Gasteiger partial charge in [0, 0.05) is 76.2 Å². The molecule has 1 aromatic carbocycles. The van der Waals surface area contributed by atoms with Crippen LogP contribution >= 0.6 is 23.7 Å². The Morgan fingerprint density at radius 1 is 0.773 bits per heavy atom. The highest BCUT2D eigenvalue weighted by molar-refractivity contribution is 7.17. The molecule has 19 heteroatoms. The minimum atomic E-state index is -4.73. The molecule has 14 nitrogen and oxygen atoms in total. The quantitative estimate of drug-likeness (QED) is 0.0832. The van der Waals surface area contributed by atoms with Gasteiger partial charge in [-0.15, -0.1) is 23.7 Å². The number of nitrogens with zero attached hydrogens (tertiary/aromatic N) is 4. The molecule has 0 saturated carbocycles. The van der Waals surface area contributed by atoms with Crippen molar-refractivity contribution in [3.05, 3.63) is 35.2 Å². The fourth-order valence-corrected chi connectivity index (χ4v) is 8.81. The number of likely N-dealkylation sites (N-methyl/N-ethyl adjacent to an activating group) is 3. The van der Waals surface area contributed by atoms with Gasteiger partial charge in [0.15, 0.2) is 17.7 Å². The van der Waals surface area contributed by atoms with E-state index in [-0.39, 0.29) is 68.0 Å². The van der Waals surface area contributed by atoms with Crippen LogP contribution in [-0.4, -0.2) is 119 Å². The fraction of sp³-hybridized carbons (Fsp3) is 0.660. The predicted molar refractivity (Wildman–Crippen MR) is 248 cm³/mol. The number of nitriles is 1. The van der Waals surface area contributed by atoms with E-state index in [4.69, 9.17) is 15.7 Å². The molecule has 0 aliphatic heterocycles. The minimum absolute atomic E-state index is 0. The van der Waals surface area contributed by atoms with Crippen LogP contribution in [-0.2, 0) is 44.7 Å². The fourth-order valence-electron chi connectivity index (χ4n) is 7.84. The van der Waals surface area contributed by atoms with Crippen molar-refractivity contribution in [2.24, 2.45) is 35.3 Å². The number of carbonyl (C=O) groups is 7. The van der Waals surface area contributed by atoms with E-state index < -0.39 is 103 Å². The Balaban J connectivity index is 0.0000218. The van der Waals surface area contributed by atoms with Crippen molar-refractivity contribution < 1.29 is 56.6 Å². The number of carboxylic acid groups (broad SMARTS) is 1. The molecule has 66 heavy (non-hydrogen) atoms. The molecule has 0 unspecified atom stereocenters. The summed E-state index contributed by atoms with van der Waals surface area (Å²) in [5.41, 5.74) is 6.92. The first-order valence-electron chi connectivity index (χ1n) is 22.1. The van der Waals surface area contributed by atoms with Gasteiger partial charge >= 0.3 is 18.1 Å². The molecule has 0 bridgehead atoms. The van der Waals surface area contributed by atoms with Crippen LogP contribution in [0.1, 0.15) is 112 Å². The van der Waals surface area contributed by atoms with Gasteiger partial charge in [0.1, 0.15) is 6.04 Å². The maximum absolute atomic E-state index is 14.8. The van der Waals surface area contributed by atoms with Gasteiger partial charge in [0.05, 0.1) is 24.2 Å². The van der Waals surface area contributed by atoms with Crippen LogP contribution in [0.2, 0.25) is 0 Å². The monoisotopic (exact) mass is 971 g/mol. The van der Waals surface area contributed by atoms with Gasteiger partial charge in [-0.3, -0.25) is 24.0 Å². The van der Waals surface area contributed by atoms with Crippen molar-refractivity contribution in [1.82, 2.24) is 14.7 Å². The summed E-state index contributed by atoms with van der Waals surface area (Å²) in [4.78, 5) is 99.3. The second kappa shape index (κ2) is 27.3. The zero-order valence-electron chi connectivity index (χ0n) is 39.8. The standard InChI is InChI=1S/C47H68F3N5O9S.ClH/c1-27(2)20-32(25-39(57)36(22-29(5)6)55(10)44(60)35(52)21-28(3)4)43(59)54(9)37(23-33-26-65-41-16-12-11-14-34(33)41)38(56)24-31(17-18-47(48,49)50)42(58)53(8)30(7)46(63)64-40(45(61)62)15-13-19-51;/h11-12,14,16,26-32,35-37,40H,13,15,17-18,20-25,52H2,1-10H3,(H,61,62);1H/t30-,31+,32+,35-,36-,37-,40+;/m0./s1. The number of hydrogen-bond donors (Lipinski definition) is 2. The zero-order valence-corrected chi connectivity index (χ0v) is 41.4. The average molecular weight is 973 g/mol. The topological polar surface area (TPSA) is 208 Å². The number of carboxylic acids is 1. The number of fused-ring (bicyclic) bond motifs is 1. The highest BCUT2D eigenvalue weighted by atomic mass is 35.5. The SMILES string of the molecule is CC(C)C[C@H](CC(=O)[C@H](CC(C)C)N(C)C(=O)[C@@H](N)CC(C)C)C(=O)N(C)[C@@H](Cc1csc2ccccc12)C(=O)C[C@@H](CCC(F)(F)F)C(=O)N(C)[C@@H](C)C(=O)O[C@H](CCC#N)C(=O)O.Cl. The van der Waals surface area contributed by atoms with E-state index in [0.29, 0.717) is 18.4 Å². The Morgan fingerprint density at radius 3 is 1.85 bits per heavy atom. The Morgan fingerprint density at radius 2 is 1.30 bits per heavy atom. The second-order valence-electron chi connectivity index (χ2n) is 18.4. The third kappa shape index (κ3) is 18.2. The molecule has 0 aliphatic rings. The van der Waals surface area contributed by atoms with Crippen LogP contribution < -0.4 is 5.73 Å². The second-order valence-corrected chi connectivity index (χ2v) is 19.3. The van der Waals surface area contributed by atoms with Crippen LogP contribution in [0.15, 0.2) is 29.6 Å². The Hall–Kier alpha value is -4.60. The highest BCUT2D eigenvalue weighted by Gasteiger charge is 2.40. The molecule has 0 fully saturated rings. The number of benzene rings is 1. The lowest BCUT2D eigenvalue weighted by molar-refractivity contribution is -0.169. The first kappa shape index (κ1) is 59.4. The summed E-state index contributed by atoms with van der Waals surface area (Å²) >= 11 is 1.40. The van der Waals surface area contributed by atoms with Crippen LogP contribution in [0, 0.1) is 40.9 Å². The van der Waals surface area contributed by atoms with E-state index >= 15 is 0 Å². The van der Waals surface area contributed by atoms with Crippen molar-refractivity contribution >= 4 is 75.1 Å². The number of ether oxygens (including phenoxy) is 1. The summed E-state index contributed by atoms with van der Waals surface area (Å²) in [6.07, 6.45) is -9.53. The number of esters is 1. The lowest BCUT2D eigenvalue weighted by atomic mass is 9.85. The van der Waals surface area contributed by atoms with Crippen LogP contribution in [0.4, 0.5) is 13.2 Å². The smallest absolute Gasteiger partial charge is 0.389 e. The number of amides is 3. The normalized spacial score (nSPS) is 14.8. The Bertz CT molecular complexity index is 2010. The van der Waals surface area contributed by atoms with Gasteiger partial charge in [-0.05, 0) is 72.8 Å². The molecule has 1 heterocycles. The molecule has 3 amide bonds. The molecule has 7 atom stereocenters. The van der Waals surface area contributed by atoms with Gasteiger partial charge in [-0.2, -0.15) is 18.4 Å². The summed E-state index contributed by atoms with van der Waals surface area (Å²) in [5.74, 6) is -8.41. The number of carbonyl (C=O) groups excluding carboxylic acids is 6. The molecule has 0 spiro atoms. The maximum Gasteiger partial charge on any atom is 0.389 e. The zero-order chi connectivity index (χ0) is 49.5. The van der Waals surface area contributed by atoms with E-state index in [1.165, 1.54) is 42.2 Å². The summed E-state index contributed by atoms with van der Waals surface area (Å²) in [6.45, 7) is 12.6. The molecule has 0 aliphatic carbocycles. The van der Waals surface area contributed by atoms with Gasteiger partial charge in [0.25, 0.3) is 0 Å². The van der Waals surface area contributed by atoms with Crippen molar-refractivity contribution in [2.75, 3.05) is 21.1 Å². The molecule has 2 aromatic rings. The Labute approximate surface area is 397 Å². The van der Waals surface area contributed by atoms with Crippen molar-refractivity contribution in [2.45, 2.75) is 149 Å². The number of halogens is 4. The van der Waals surface area contributed by atoms with E-state index in [0.717, 1.165) is 22.0 Å². The van der Waals surface area contributed by atoms with Gasteiger partial charge < -0.3 is 30.3 Å². The van der Waals surface area contributed by atoms with Crippen molar-refractivity contribution in [1.29, 1.82) is 5.26 Å². The van der Waals surface area contributed by atoms with E-state index in [2.05, 4.69) is 0 Å². The summed E-state index contributed by atoms with van der Waals surface area (Å²) in [6, 6.07) is 4.55. The van der Waals surface area contributed by atoms with E-state index in [1.54, 1.807) is 12.1 Å². The van der Waals surface area contributed by atoms with Crippen LogP contribution in [0.25, 0.3) is 10.1 Å². The minimum Gasteiger partial charge on any atom is -0.479 e. The van der Waals surface area contributed by atoms with E-state index in [9.17, 15) is 51.8 Å². The number of ketones is 2. The number of aliphatic carboxylic acids is 1. The molecule has 370 valence electrons. The number of hydrogen-bond acceptors (Lipinski definition) is 11. The largest absolute Gasteiger partial charge is 0.479 e. The molecule has 3 N–H and O–H groups in total. The summed E-state index contributed by atoms with van der Waals surface area (Å²) in [5, 5.41) is 21.0. The lowest BCUT2D eigenvalue weighted by Gasteiger charge is -2.34. The molecule has 1 aromatic heterocycles. The van der Waals surface area contributed by atoms with Gasteiger partial charge in [0.2, 0.25) is 17.7 Å². The van der Waals surface area contributed by atoms with Crippen LogP contribution in [0.5, 0.6) is 0 Å². The van der Waals surface area contributed by atoms with Crippen LogP contribution in [0.3, 0.4) is 0 Å². The Kier molecular flexibility index (Phi) is 24.6. The summed E-state index contributed by atoms with van der Waals surface area (Å²) in [7, 11) is 4.05. The highest BCUT2D eigenvalue weighted by Crippen LogP contribution is 2.32. The van der Waals surface area contributed by atoms with Crippen molar-refractivity contribution in [3.63, 3.8) is 0 Å². The number of thiophene rings is 1. The average Bonchev–Trinajstić information content (AvgIpc) is 3.64. The van der Waals surface area contributed by atoms with E-state index in [1.807, 2.05) is 65.1 Å². The first-order valence-corrected chi connectivity index (χ1v) is 23.0. The lowest BCUT2D eigenvalue weighted by Crippen LogP contribution is -2.51.